The molecule has 1 aliphatic heterocycles. The molecule has 3 aromatic rings. The van der Waals surface area contributed by atoms with Gasteiger partial charge in [0.2, 0.25) is 0 Å². The Balaban J connectivity index is 1.54. The molecule has 0 aliphatic carbocycles. The minimum absolute atomic E-state index is 0.0395. The SMILES string of the molecule is O=C(NCC(c1ccc(F)cc1)N1CCOCC1)c1ccccc1-c1ccccc1. The standard InChI is InChI=1S/C25H25FN2O2/c26-21-12-10-20(11-13-21)24(28-14-16-30-17-15-28)18-27-25(29)23-9-5-4-8-22(23)19-6-2-1-3-7-19/h1-13,24H,14-18H2,(H,27,29). The van der Waals surface area contributed by atoms with Crippen LogP contribution in [-0.4, -0.2) is 43.7 Å². The number of hydrogen-bond acceptors (Lipinski definition) is 3. The Bertz CT molecular complexity index is 970. The monoisotopic (exact) mass is 404 g/mol. The highest BCUT2D eigenvalue weighted by Gasteiger charge is 2.24. The minimum Gasteiger partial charge on any atom is -0.379 e. The van der Waals surface area contributed by atoms with Crippen LogP contribution in [0.3, 0.4) is 0 Å². The summed E-state index contributed by atoms with van der Waals surface area (Å²) in [6.45, 7) is 3.30. The van der Waals surface area contributed by atoms with E-state index in [1.54, 1.807) is 12.1 Å². The molecule has 5 heteroatoms. The Hall–Kier alpha value is -3.02. The normalized spacial score (nSPS) is 15.5. The van der Waals surface area contributed by atoms with Crippen molar-refractivity contribution < 1.29 is 13.9 Å². The lowest BCUT2D eigenvalue weighted by Gasteiger charge is -2.35. The van der Waals surface area contributed by atoms with E-state index in [-0.39, 0.29) is 17.8 Å². The number of hydrogen-bond donors (Lipinski definition) is 1. The molecule has 0 saturated carbocycles. The van der Waals surface area contributed by atoms with E-state index in [1.807, 2.05) is 54.6 Å². The Kier molecular flexibility index (Phi) is 6.52. The zero-order valence-electron chi connectivity index (χ0n) is 16.8. The summed E-state index contributed by atoms with van der Waals surface area (Å²) in [5.74, 6) is -0.380. The van der Waals surface area contributed by atoms with E-state index in [0.29, 0.717) is 25.3 Å². The molecule has 30 heavy (non-hydrogen) atoms. The van der Waals surface area contributed by atoms with Crippen LogP contribution in [-0.2, 0) is 4.74 Å². The van der Waals surface area contributed by atoms with E-state index in [9.17, 15) is 9.18 Å². The van der Waals surface area contributed by atoms with Gasteiger partial charge in [0.1, 0.15) is 5.82 Å². The molecular weight excluding hydrogens is 379 g/mol. The molecule has 1 fully saturated rings. The molecule has 0 bridgehead atoms. The van der Waals surface area contributed by atoms with Gasteiger partial charge in [-0.25, -0.2) is 4.39 Å². The number of morpholine rings is 1. The molecule has 154 valence electrons. The van der Waals surface area contributed by atoms with Crippen LogP contribution in [0.4, 0.5) is 4.39 Å². The first-order valence-electron chi connectivity index (χ1n) is 10.2. The lowest BCUT2D eigenvalue weighted by atomic mass is 9.99. The predicted molar refractivity (Wildman–Crippen MR) is 116 cm³/mol. The fourth-order valence-corrected chi connectivity index (χ4v) is 3.87. The minimum atomic E-state index is -0.264. The summed E-state index contributed by atoms with van der Waals surface area (Å²) in [6.07, 6.45) is 0. The van der Waals surface area contributed by atoms with Crippen LogP contribution in [0.15, 0.2) is 78.9 Å². The molecular formula is C25H25FN2O2. The number of rotatable bonds is 6. The first kappa shape index (κ1) is 20.3. The summed E-state index contributed by atoms with van der Waals surface area (Å²) >= 11 is 0. The predicted octanol–water partition coefficient (Wildman–Crippen LogP) is 4.30. The van der Waals surface area contributed by atoms with Crippen LogP contribution in [0, 0.1) is 5.82 Å². The van der Waals surface area contributed by atoms with Gasteiger partial charge in [-0.15, -0.1) is 0 Å². The van der Waals surface area contributed by atoms with E-state index < -0.39 is 0 Å². The number of nitrogens with one attached hydrogen (secondary N) is 1. The number of halogens is 1. The first-order valence-corrected chi connectivity index (χ1v) is 10.2. The highest BCUT2D eigenvalue weighted by Crippen LogP contribution is 2.25. The largest absolute Gasteiger partial charge is 0.379 e. The number of amides is 1. The van der Waals surface area contributed by atoms with Crippen LogP contribution < -0.4 is 5.32 Å². The molecule has 1 heterocycles. The first-order chi connectivity index (χ1) is 14.7. The second-order valence-electron chi connectivity index (χ2n) is 7.34. The molecule has 1 atom stereocenters. The molecule has 1 amide bonds. The van der Waals surface area contributed by atoms with Crippen LogP contribution in [0.5, 0.6) is 0 Å². The molecule has 3 aromatic carbocycles. The number of carbonyl (C=O) groups excluding carboxylic acids is 1. The van der Waals surface area contributed by atoms with Crippen molar-refractivity contribution in [2.45, 2.75) is 6.04 Å². The summed E-state index contributed by atoms with van der Waals surface area (Å²) < 4.78 is 18.9. The third-order valence-corrected chi connectivity index (χ3v) is 5.45. The Labute approximate surface area is 176 Å². The Morgan fingerprint density at radius 3 is 2.33 bits per heavy atom. The number of nitrogens with zero attached hydrogens (tertiary/aromatic N) is 1. The highest BCUT2D eigenvalue weighted by atomic mass is 19.1. The lowest BCUT2D eigenvalue weighted by molar-refractivity contribution is 0.0162. The fraction of sp³-hybridized carbons (Fsp3) is 0.240. The van der Waals surface area contributed by atoms with E-state index in [0.717, 1.165) is 29.8 Å². The molecule has 4 rings (SSSR count). The van der Waals surface area contributed by atoms with Crippen LogP contribution in [0.1, 0.15) is 22.0 Å². The van der Waals surface area contributed by atoms with Gasteiger partial charge in [-0.2, -0.15) is 0 Å². The van der Waals surface area contributed by atoms with Gasteiger partial charge >= 0.3 is 0 Å². The molecule has 0 aromatic heterocycles. The third kappa shape index (κ3) is 4.75. The van der Waals surface area contributed by atoms with Gasteiger partial charge in [0, 0.05) is 25.2 Å². The summed E-state index contributed by atoms with van der Waals surface area (Å²) in [7, 11) is 0. The maximum Gasteiger partial charge on any atom is 0.251 e. The van der Waals surface area contributed by atoms with Crippen molar-refractivity contribution in [3.63, 3.8) is 0 Å². The van der Waals surface area contributed by atoms with Crippen molar-refractivity contribution in [1.82, 2.24) is 10.2 Å². The van der Waals surface area contributed by atoms with E-state index >= 15 is 0 Å². The average Bonchev–Trinajstić information content (AvgIpc) is 2.81. The number of ether oxygens (including phenoxy) is 1. The number of carbonyl (C=O) groups is 1. The van der Waals surface area contributed by atoms with Crippen LogP contribution in [0.2, 0.25) is 0 Å². The third-order valence-electron chi connectivity index (χ3n) is 5.45. The zero-order chi connectivity index (χ0) is 20.8. The van der Waals surface area contributed by atoms with E-state index in [2.05, 4.69) is 10.2 Å². The maximum absolute atomic E-state index is 13.4. The van der Waals surface area contributed by atoms with Gasteiger partial charge in [0.05, 0.1) is 19.3 Å². The maximum atomic E-state index is 13.4. The number of benzene rings is 3. The Morgan fingerprint density at radius 1 is 0.933 bits per heavy atom. The van der Waals surface area contributed by atoms with Crippen molar-refractivity contribution in [3.05, 3.63) is 95.8 Å². The Morgan fingerprint density at radius 2 is 1.60 bits per heavy atom. The van der Waals surface area contributed by atoms with E-state index in [4.69, 9.17) is 4.74 Å². The second kappa shape index (κ2) is 9.65. The molecule has 1 saturated heterocycles. The van der Waals surface area contributed by atoms with Crippen molar-refractivity contribution in [2.75, 3.05) is 32.8 Å². The smallest absolute Gasteiger partial charge is 0.251 e. The van der Waals surface area contributed by atoms with Gasteiger partial charge in [-0.1, -0.05) is 60.7 Å². The molecule has 1 N–H and O–H groups in total. The van der Waals surface area contributed by atoms with E-state index in [1.165, 1.54) is 12.1 Å². The lowest BCUT2D eigenvalue weighted by Crippen LogP contribution is -2.43. The zero-order valence-corrected chi connectivity index (χ0v) is 16.8. The topological polar surface area (TPSA) is 41.6 Å². The molecule has 0 radical (unpaired) electrons. The van der Waals surface area contributed by atoms with Crippen molar-refractivity contribution in [3.8, 4) is 11.1 Å². The van der Waals surface area contributed by atoms with Gasteiger partial charge in [-0.05, 0) is 34.9 Å². The van der Waals surface area contributed by atoms with Gasteiger partial charge in [-0.3, -0.25) is 9.69 Å². The summed E-state index contributed by atoms with van der Waals surface area (Å²) in [6, 6.07) is 24.0. The second-order valence-corrected chi connectivity index (χ2v) is 7.34. The highest BCUT2D eigenvalue weighted by molar-refractivity contribution is 6.00. The van der Waals surface area contributed by atoms with Gasteiger partial charge in [0.25, 0.3) is 5.91 Å². The summed E-state index contributed by atoms with van der Waals surface area (Å²) in [5.41, 5.74) is 3.53. The van der Waals surface area contributed by atoms with Crippen molar-refractivity contribution in [2.24, 2.45) is 0 Å². The van der Waals surface area contributed by atoms with Gasteiger partial charge in [0.15, 0.2) is 0 Å². The summed E-state index contributed by atoms with van der Waals surface area (Å²) in [4.78, 5) is 15.4. The van der Waals surface area contributed by atoms with Gasteiger partial charge < -0.3 is 10.1 Å². The molecule has 1 unspecified atom stereocenters. The summed E-state index contributed by atoms with van der Waals surface area (Å²) in [5, 5.41) is 3.10. The van der Waals surface area contributed by atoms with Crippen LogP contribution >= 0.6 is 0 Å². The van der Waals surface area contributed by atoms with Crippen molar-refractivity contribution in [1.29, 1.82) is 0 Å². The van der Waals surface area contributed by atoms with Crippen LogP contribution in [0.25, 0.3) is 11.1 Å². The molecule has 0 spiro atoms. The molecule has 1 aliphatic rings. The average molecular weight is 404 g/mol. The quantitative estimate of drug-likeness (QED) is 0.666. The van der Waals surface area contributed by atoms with Crippen molar-refractivity contribution >= 4 is 5.91 Å². The molecule has 4 nitrogen and oxygen atoms in total. The fourth-order valence-electron chi connectivity index (χ4n) is 3.87.